The number of nitrogens with one attached hydrogen (secondary N) is 1. The smallest absolute Gasteiger partial charge is 0.258 e. The van der Waals surface area contributed by atoms with Crippen molar-refractivity contribution in [3.63, 3.8) is 0 Å². The quantitative estimate of drug-likeness (QED) is 0.799. The van der Waals surface area contributed by atoms with Gasteiger partial charge >= 0.3 is 0 Å². The van der Waals surface area contributed by atoms with Crippen molar-refractivity contribution in [3.05, 3.63) is 59.7 Å². The summed E-state index contributed by atoms with van der Waals surface area (Å²) in [4.78, 5) is 14.6. The second kappa shape index (κ2) is 9.31. The predicted molar refractivity (Wildman–Crippen MR) is 117 cm³/mol. The number of nitrogens with zero attached hydrogens (tertiary/aromatic N) is 1. The third-order valence-corrected chi connectivity index (χ3v) is 5.24. The Morgan fingerprint density at radius 3 is 2.28 bits per heavy atom. The Morgan fingerprint density at radius 1 is 1.07 bits per heavy atom. The van der Waals surface area contributed by atoms with E-state index in [0.29, 0.717) is 5.75 Å². The molecule has 2 aromatic rings. The van der Waals surface area contributed by atoms with Gasteiger partial charge in [-0.15, -0.1) is 0 Å². The SMILES string of the molecule is CC(NC(=O)COc1ccc(C(C)(C)C)cc1)c1ccc(N2CCOCC2)cc1. The lowest BCUT2D eigenvalue weighted by Crippen LogP contribution is -2.36. The van der Waals surface area contributed by atoms with Gasteiger partial charge in [0.1, 0.15) is 5.75 Å². The maximum absolute atomic E-state index is 12.3. The summed E-state index contributed by atoms with van der Waals surface area (Å²) in [6.45, 7) is 11.9. The monoisotopic (exact) mass is 396 g/mol. The zero-order valence-corrected chi connectivity index (χ0v) is 17.9. The third kappa shape index (κ3) is 5.97. The molecule has 156 valence electrons. The minimum Gasteiger partial charge on any atom is -0.484 e. The van der Waals surface area contributed by atoms with Crippen LogP contribution >= 0.6 is 0 Å². The molecule has 1 N–H and O–H groups in total. The van der Waals surface area contributed by atoms with Crippen molar-refractivity contribution in [3.8, 4) is 5.75 Å². The normalized spacial score (nSPS) is 15.7. The van der Waals surface area contributed by atoms with E-state index in [2.05, 4.69) is 55.3 Å². The maximum atomic E-state index is 12.3. The Morgan fingerprint density at radius 2 is 1.69 bits per heavy atom. The van der Waals surface area contributed by atoms with Crippen LogP contribution in [-0.4, -0.2) is 38.8 Å². The maximum Gasteiger partial charge on any atom is 0.258 e. The molecule has 0 radical (unpaired) electrons. The van der Waals surface area contributed by atoms with Gasteiger partial charge in [0.15, 0.2) is 6.61 Å². The van der Waals surface area contributed by atoms with E-state index in [1.165, 1.54) is 11.3 Å². The molecular weight excluding hydrogens is 364 g/mol. The van der Waals surface area contributed by atoms with Crippen LogP contribution in [0.15, 0.2) is 48.5 Å². The number of carbonyl (C=O) groups is 1. The Balaban J connectivity index is 1.48. The van der Waals surface area contributed by atoms with Crippen molar-refractivity contribution in [2.45, 2.75) is 39.2 Å². The molecule has 5 nitrogen and oxygen atoms in total. The van der Waals surface area contributed by atoms with E-state index in [1.54, 1.807) is 0 Å². The number of amides is 1. The second-order valence-corrected chi connectivity index (χ2v) is 8.54. The van der Waals surface area contributed by atoms with E-state index in [9.17, 15) is 4.79 Å². The number of benzene rings is 2. The molecule has 0 saturated carbocycles. The molecule has 1 aliphatic rings. The first-order valence-electron chi connectivity index (χ1n) is 10.3. The van der Waals surface area contributed by atoms with Crippen molar-refractivity contribution in [2.75, 3.05) is 37.8 Å². The summed E-state index contributed by atoms with van der Waals surface area (Å²) in [6, 6.07) is 16.2. The van der Waals surface area contributed by atoms with Crippen LogP contribution in [0.1, 0.15) is 44.9 Å². The Kier molecular flexibility index (Phi) is 6.80. The van der Waals surface area contributed by atoms with Crippen molar-refractivity contribution >= 4 is 11.6 Å². The average Bonchev–Trinajstić information content (AvgIpc) is 2.72. The fraction of sp³-hybridized carbons (Fsp3) is 0.458. The van der Waals surface area contributed by atoms with E-state index in [4.69, 9.17) is 9.47 Å². The van der Waals surface area contributed by atoms with Crippen LogP contribution in [0.4, 0.5) is 5.69 Å². The summed E-state index contributed by atoms with van der Waals surface area (Å²) in [6.07, 6.45) is 0. The lowest BCUT2D eigenvalue weighted by atomic mass is 9.87. The molecule has 1 atom stereocenters. The van der Waals surface area contributed by atoms with Gasteiger partial charge in [-0.3, -0.25) is 4.79 Å². The summed E-state index contributed by atoms with van der Waals surface area (Å²) in [5.74, 6) is 0.574. The van der Waals surface area contributed by atoms with Crippen LogP contribution in [-0.2, 0) is 14.9 Å². The van der Waals surface area contributed by atoms with Gasteiger partial charge in [0.2, 0.25) is 0 Å². The average molecular weight is 397 g/mol. The highest BCUT2D eigenvalue weighted by Gasteiger charge is 2.15. The minimum absolute atomic E-state index is 0.00503. The van der Waals surface area contributed by atoms with E-state index in [1.807, 2.05) is 31.2 Å². The summed E-state index contributed by atoms with van der Waals surface area (Å²) in [5.41, 5.74) is 3.61. The molecule has 3 rings (SSSR count). The molecule has 1 saturated heterocycles. The Hall–Kier alpha value is -2.53. The van der Waals surface area contributed by atoms with Crippen molar-refractivity contribution in [1.29, 1.82) is 0 Å². The predicted octanol–water partition coefficient (Wildman–Crippen LogP) is 4.08. The number of hydrogen-bond acceptors (Lipinski definition) is 4. The molecule has 2 aromatic carbocycles. The topological polar surface area (TPSA) is 50.8 Å². The van der Waals surface area contributed by atoms with Gasteiger partial charge in [-0.05, 0) is 47.7 Å². The van der Waals surface area contributed by atoms with Gasteiger partial charge in [-0.2, -0.15) is 0 Å². The number of morpholine rings is 1. The van der Waals surface area contributed by atoms with Gasteiger partial charge in [0.25, 0.3) is 5.91 Å². The minimum atomic E-state index is -0.130. The van der Waals surface area contributed by atoms with Crippen LogP contribution in [0, 0.1) is 0 Å². The molecule has 0 aliphatic carbocycles. The number of ether oxygens (including phenoxy) is 2. The zero-order chi connectivity index (χ0) is 20.9. The highest BCUT2D eigenvalue weighted by Crippen LogP contribution is 2.24. The number of carbonyl (C=O) groups excluding carboxylic acids is 1. The van der Waals surface area contributed by atoms with Crippen LogP contribution < -0.4 is 15.0 Å². The van der Waals surface area contributed by atoms with E-state index in [0.717, 1.165) is 31.9 Å². The summed E-state index contributed by atoms with van der Waals surface area (Å²) in [7, 11) is 0. The van der Waals surface area contributed by atoms with E-state index < -0.39 is 0 Å². The fourth-order valence-electron chi connectivity index (χ4n) is 3.36. The molecule has 5 heteroatoms. The summed E-state index contributed by atoms with van der Waals surface area (Å²) < 4.78 is 11.0. The standard InChI is InChI=1S/C24H32N2O3/c1-18(19-5-9-21(10-6-19)26-13-15-28-16-14-26)25-23(27)17-29-22-11-7-20(8-12-22)24(2,3)4/h5-12,18H,13-17H2,1-4H3,(H,25,27). The molecule has 1 amide bonds. The van der Waals surface area contributed by atoms with Gasteiger partial charge in [0.05, 0.1) is 19.3 Å². The molecule has 0 bridgehead atoms. The third-order valence-electron chi connectivity index (χ3n) is 5.24. The van der Waals surface area contributed by atoms with Gasteiger partial charge in [-0.25, -0.2) is 0 Å². The van der Waals surface area contributed by atoms with Gasteiger partial charge in [-0.1, -0.05) is 45.0 Å². The zero-order valence-electron chi connectivity index (χ0n) is 17.9. The van der Waals surface area contributed by atoms with Crippen LogP contribution in [0.25, 0.3) is 0 Å². The molecule has 1 heterocycles. The molecule has 0 spiro atoms. The van der Waals surface area contributed by atoms with E-state index >= 15 is 0 Å². The number of hydrogen-bond donors (Lipinski definition) is 1. The lowest BCUT2D eigenvalue weighted by Gasteiger charge is -2.29. The summed E-state index contributed by atoms with van der Waals surface area (Å²) >= 11 is 0. The molecule has 29 heavy (non-hydrogen) atoms. The first-order valence-corrected chi connectivity index (χ1v) is 10.3. The van der Waals surface area contributed by atoms with Crippen LogP contribution in [0.3, 0.4) is 0 Å². The van der Waals surface area contributed by atoms with Crippen LogP contribution in [0.2, 0.25) is 0 Å². The number of rotatable bonds is 6. The van der Waals surface area contributed by atoms with Crippen molar-refractivity contribution in [2.24, 2.45) is 0 Å². The number of anilines is 1. The fourth-order valence-corrected chi connectivity index (χ4v) is 3.36. The van der Waals surface area contributed by atoms with Gasteiger partial charge < -0.3 is 19.7 Å². The first kappa shape index (κ1) is 21.2. The first-order chi connectivity index (χ1) is 13.8. The largest absolute Gasteiger partial charge is 0.484 e. The Labute approximate surface area is 174 Å². The van der Waals surface area contributed by atoms with E-state index in [-0.39, 0.29) is 24.0 Å². The second-order valence-electron chi connectivity index (χ2n) is 8.54. The van der Waals surface area contributed by atoms with Gasteiger partial charge in [0, 0.05) is 18.8 Å². The molecular formula is C24H32N2O3. The summed E-state index contributed by atoms with van der Waals surface area (Å²) in [5, 5.41) is 3.00. The molecule has 1 unspecified atom stereocenters. The highest BCUT2D eigenvalue weighted by molar-refractivity contribution is 5.78. The highest BCUT2D eigenvalue weighted by atomic mass is 16.5. The van der Waals surface area contributed by atoms with Crippen molar-refractivity contribution in [1.82, 2.24) is 5.32 Å². The van der Waals surface area contributed by atoms with Crippen LogP contribution in [0.5, 0.6) is 5.75 Å². The molecule has 1 fully saturated rings. The molecule has 1 aliphatic heterocycles. The lowest BCUT2D eigenvalue weighted by molar-refractivity contribution is -0.123. The van der Waals surface area contributed by atoms with Crippen molar-refractivity contribution < 1.29 is 14.3 Å². The Bertz CT molecular complexity index is 788. The molecule has 0 aromatic heterocycles.